The SMILES string of the molecule is Cc1cccc(-c2n[nH]c(-c3ccccc3Cl)n2)n1. The van der Waals surface area contributed by atoms with Crippen molar-refractivity contribution in [1.29, 1.82) is 0 Å². The summed E-state index contributed by atoms with van der Waals surface area (Å²) in [7, 11) is 0. The fraction of sp³-hybridized carbons (Fsp3) is 0.0714. The minimum Gasteiger partial charge on any atom is -0.259 e. The van der Waals surface area contributed by atoms with E-state index < -0.39 is 0 Å². The number of halogens is 1. The van der Waals surface area contributed by atoms with Gasteiger partial charge in [-0.15, -0.1) is 0 Å². The molecule has 0 radical (unpaired) electrons. The van der Waals surface area contributed by atoms with Crippen molar-refractivity contribution in [3.63, 3.8) is 0 Å². The van der Waals surface area contributed by atoms with Gasteiger partial charge in [-0.1, -0.05) is 29.8 Å². The molecule has 0 amide bonds. The number of hydrogen-bond acceptors (Lipinski definition) is 3. The summed E-state index contributed by atoms with van der Waals surface area (Å²) in [5, 5.41) is 7.72. The second-order valence-corrected chi connectivity index (χ2v) is 4.56. The van der Waals surface area contributed by atoms with E-state index >= 15 is 0 Å². The fourth-order valence-corrected chi connectivity index (χ4v) is 2.04. The Kier molecular flexibility index (Phi) is 3.01. The molecular weight excluding hydrogens is 260 g/mol. The number of rotatable bonds is 2. The van der Waals surface area contributed by atoms with Crippen LogP contribution in [0.1, 0.15) is 5.69 Å². The molecule has 0 aliphatic carbocycles. The average molecular weight is 271 g/mol. The molecule has 0 atom stereocenters. The Labute approximate surface area is 115 Å². The monoisotopic (exact) mass is 270 g/mol. The second kappa shape index (κ2) is 4.82. The molecule has 2 heterocycles. The molecular formula is C14H11ClN4. The summed E-state index contributed by atoms with van der Waals surface area (Å²) in [6.07, 6.45) is 0. The van der Waals surface area contributed by atoms with Crippen molar-refractivity contribution in [3.05, 3.63) is 53.2 Å². The lowest BCUT2D eigenvalue weighted by Gasteiger charge is -1.98. The van der Waals surface area contributed by atoms with Crippen LogP contribution in [0.5, 0.6) is 0 Å². The first kappa shape index (κ1) is 11.9. The van der Waals surface area contributed by atoms with Gasteiger partial charge in [0.05, 0.1) is 5.02 Å². The second-order valence-electron chi connectivity index (χ2n) is 4.15. The highest BCUT2D eigenvalue weighted by Gasteiger charge is 2.10. The number of aryl methyl sites for hydroxylation is 1. The first-order chi connectivity index (χ1) is 9.24. The van der Waals surface area contributed by atoms with Crippen LogP contribution in [0.25, 0.3) is 22.9 Å². The zero-order chi connectivity index (χ0) is 13.2. The molecule has 0 fully saturated rings. The highest BCUT2D eigenvalue weighted by Crippen LogP contribution is 2.25. The van der Waals surface area contributed by atoms with Gasteiger partial charge < -0.3 is 0 Å². The number of nitrogens with one attached hydrogen (secondary N) is 1. The summed E-state index contributed by atoms with van der Waals surface area (Å²) in [6, 6.07) is 13.3. The fourth-order valence-electron chi connectivity index (χ4n) is 1.82. The Morgan fingerprint density at radius 2 is 1.84 bits per heavy atom. The van der Waals surface area contributed by atoms with Gasteiger partial charge in [0.25, 0.3) is 0 Å². The normalized spacial score (nSPS) is 10.6. The van der Waals surface area contributed by atoms with Crippen molar-refractivity contribution in [2.75, 3.05) is 0 Å². The molecule has 19 heavy (non-hydrogen) atoms. The molecule has 2 aromatic heterocycles. The maximum absolute atomic E-state index is 6.14. The van der Waals surface area contributed by atoms with Crippen LogP contribution >= 0.6 is 11.6 Å². The van der Waals surface area contributed by atoms with Crippen molar-refractivity contribution in [2.45, 2.75) is 6.92 Å². The molecule has 0 saturated heterocycles. The van der Waals surface area contributed by atoms with Crippen molar-refractivity contribution in [3.8, 4) is 22.9 Å². The van der Waals surface area contributed by atoms with Crippen LogP contribution in [0.4, 0.5) is 0 Å². The first-order valence-electron chi connectivity index (χ1n) is 5.85. The maximum Gasteiger partial charge on any atom is 0.200 e. The third-order valence-corrected chi connectivity index (χ3v) is 3.06. The van der Waals surface area contributed by atoms with E-state index in [-0.39, 0.29) is 0 Å². The molecule has 94 valence electrons. The summed E-state index contributed by atoms with van der Waals surface area (Å²) < 4.78 is 0. The van der Waals surface area contributed by atoms with Crippen LogP contribution in [0, 0.1) is 6.92 Å². The van der Waals surface area contributed by atoms with Gasteiger partial charge in [0, 0.05) is 11.3 Å². The van der Waals surface area contributed by atoms with Crippen molar-refractivity contribution in [1.82, 2.24) is 20.2 Å². The lowest BCUT2D eigenvalue weighted by atomic mass is 10.2. The van der Waals surface area contributed by atoms with E-state index in [9.17, 15) is 0 Å². The van der Waals surface area contributed by atoms with E-state index in [0.717, 1.165) is 17.0 Å². The van der Waals surface area contributed by atoms with E-state index in [1.54, 1.807) is 0 Å². The molecule has 0 spiro atoms. The molecule has 4 nitrogen and oxygen atoms in total. The molecule has 0 bridgehead atoms. The largest absolute Gasteiger partial charge is 0.259 e. The molecule has 5 heteroatoms. The Morgan fingerprint density at radius 1 is 1.00 bits per heavy atom. The number of H-pyrrole nitrogens is 1. The lowest BCUT2D eigenvalue weighted by Crippen LogP contribution is -1.88. The minimum absolute atomic E-state index is 0.568. The Hall–Kier alpha value is -2.20. The molecule has 0 saturated carbocycles. The highest BCUT2D eigenvalue weighted by atomic mass is 35.5. The van der Waals surface area contributed by atoms with Crippen molar-refractivity contribution < 1.29 is 0 Å². The van der Waals surface area contributed by atoms with Crippen molar-refractivity contribution >= 4 is 11.6 Å². The van der Waals surface area contributed by atoms with Gasteiger partial charge in [0.1, 0.15) is 5.69 Å². The molecule has 0 aliphatic rings. The van der Waals surface area contributed by atoms with Gasteiger partial charge in [-0.2, -0.15) is 5.10 Å². The van der Waals surface area contributed by atoms with Gasteiger partial charge >= 0.3 is 0 Å². The van der Waals surface area contributed by atoms with E-state index in [1.165, 1.54) is 0 Å². The number of nitrogens with zero attached hydrogens (tertiary/aromatic N) is 3. The van der Waals surface area contributed by atoms with Crippen LogP contribution in [0.15, 0.2) is 42.5 Å². The summed E-state index contributed by atoms with van der Waals surface area (Å²) >= 11 is 6.14. The maximum atomic E-state index is 6.14. The van der Waals surface area contributed by atoms with Gasteiger partial charge in [0.15, 0.2) is 11.6 Å². The molecule has 1 aromatic carbocycles. The van der Waals surface area contributed by atoms with E-state index in [1.807, 2.05) is 49.4 Å². The van der Waals surface area contributed by atoms with Crippen LogP contribution in [-0.4, -0.2) is 20.2 Å². The molecule has 3 aromatic rings. The number of pyridine rings is 1. The van der Waals surface area contributed by atoms with E-state index in [2.05, 4.69) is 20.2 Å². The van der Waals surface area contributed by atoms with Gasteiger partial charge in [-0.3, -0.25) is 5.10 Å². The topological polar surface area (TPSA) is 54.5 Å². The Bertz CT molecular complexity index is 721. The quantitative estimate of drug-likeness (QED) is 0.775. The standard InChI is InChI=1S/C14H11ClN4/c1-9-5-4-8-12(16-9)14-17-13(18-19-14)10-6-2-3-7-11(10)15/h2-8H,1H3,(H,17,18,19). The summed E-state index contributed by atoms with van der Waals surface area (Å²) in [6.45, 7) is 1.94. The van der Waals surface area contributed by atoms with E-state index in [0.29, 0.717) is 16.7 Å². The number of aromatic amines is 1. The predicted molar refractivity (Wildman–Crippen MR) is 74.8 cm³/mol. The number of benzene rings is 1. The smallest absolute Gasteiger partial charge is 0.200 e. The molecule has 0 aliphatic heterocycles. The molecule has 1 N–H and O–H groups in total. The number of hydrogen-bond donors (Lipinski definition) is 1. The third-order valence-electron chi connectivity index (χ3n) is 2.73. The first-order valence-corrected chi connectivity index (χ1v) is 6.23. The van der Waals surface area contributed by atoms with Crippen LogP contribution in [-0.2, 0) is 0 Å². The Morgan fingerprint density at radius 3 is 2.63 bits per heavy atom. The van der Waals surface area contributed by atoms with Crippen molar-refractivity contribution in [2.24, 2.45) is 0 Å². The minimum atomic E-state index is 0.568. The van der Waals surface area contributed by atoms with Gasteiger partial charge in [-0.05, 0) is 31.2 Å². The zero-order valence-corrected chi connectivity index (χ0v) is 11.0. The summed E-state index contributed by atoms with van der Waals surface area (Å²) in [5.74, 6) is 1.21. The lowest BCUT2D eigenvalue weighted by molar-refractivity contribution is 1.08. The Balaban J connectivity index is 2.03. The molecule has 0 unspecified atom stereocenters. The van der Waals surface area contributed by atoms with Crippen LogP contribution < -0.4 is 0 Å². The van der Waals surface area contributed by atoms with E-state index in [4.69, 9.17) is 11.6 Å². The predicted octanol–water partition coefficient (Wildman–Crippen LogP) is 3.50. The van der Waals surface area contributed by atoms with Crippen LogP contribution in [0.2, 0.25) is 5.02 Å². The number of aromatic nitrogens is 4. The highest BCUT2D eigenvalue weighted by molar-refractivity contribution is 6.33. The van der Waals surface area contributed by atoms with Crippen LogP contribution in [0.3, 0.4) is 0 Å². The third kappa shape index (κ3) is 2.35. The average Bonchev–Trinajstić information content (AvgIpc) is 2.89. The molecule has 3 rings (SSSR count). The summed E-state index contributed by atoms with van der Waals surface area (Å²) in [4.78, 5) is 8.83. The van der Waals surface area contributed by atoms with Gasteiger partial charge in [0.2, 0.25) is 0 Å². The summed E-state index contributed by atoms with van der Waals surface area (Å²) in [5.41, 5.74) is 2.51. The van der Waals surface area contributed by atoms with Gasteiger partial charge in [-0.25, -0.2) is 9.97 Å². The zero-order valence-electron chi connectivity index (χ0n) is 10.3.